The van der Waals surface area contributed by atoms with Crippen molar-refractivity contribution < 1.29 is 14.4 Å². The summed E-state index contributed by atoms with van der Waals surface area (Å²) in [5.74, 6) is 0.847. The number of hydrogen-bond acceptors (Lipinski definition) is 2. The standard InChI is InChI=1S/C24H25N2O2/c1-25-17-19(22-6-3-4-7-24(22)25)9-11-20-10-8-18-16-21(28-2)12-13-23(18)26(20)14-5-15-27/h3-4,6-13,16-17,27H,5,14-15H2,1-2H3/q+1. The van der Waals surface area contributed by atoms with Crippen LogP contribution < -0.4 is 9.30 Å². The molecule has 0 radical (unpaired) electrons. The summed E-state index contributed by atoms with van der Waals surface area (Å²) in [4.78, 5) is 0. The Morgan fingerprint density at radius 3 is 2.75 bits per heavy atom. The van der Waals surface area contributed by atoms with Crippen LogP contribution in [0.25, 0.3) is 34.0 Å². The van der Waals surface area contributed by atoms with Crippen molar-refractivity contribution in [1.29, 1.82) is 0 Å². The number of para-hydroxylation sites is 1. The molecule has 0 saturated heterocycles. The highest BCUT2D eigenvalue weighted by Crippen LogP contribution is 2.23. The van der Waals surface area contributed by atoms with Crippen LogP contribution in [0.1, 0.15) is 17.7 Å². The van der Waals surface area contributed by atoms with Crippen LogP contribution in [0.3, 0.4) is 0 Å². The van der Waals surface area contributed by atoms with Gasteiger partial charge in [0.25, 0.3) is 0 Å². The third-order valence-corrected chi connectivity index (χ3v) is 5.17. The van der Waals surface area contributed by atoms with E-state index in [2.05, 4.69) is 77.0 Å². The van der Waals surface area contributed by atoms with Gasteiger partial charge in [-0.3, -0.25) is 0 Å². The van der Waals surface area contributed by atoms with Gasteiger partial charge in [-0.25, -0.2) is 0 Å². The van der Waals surface area contributed by atoms with Crippen LogP contribution in [-0.4, -0.2) is 23.4 Å². The SMILES string of the molecule is COc1ccc2c(ccc(/C=C/c3cn(C)c4ccccc34)[n+]2CCCO)c1. The highest BCUT2D eigenvalue weighted by atomic mass is 16.5. The van der Waals surface area contributed by atoms with Crippen molar-refractivity contribution in [2.45, 2.75) is 13.0 Å². The minimum atomic E-state index is 0.173. The van der Waals surface area contributed by atoms with Gasteiger partial charge in [0.05, 0.1) is 12.5 Å². The Morgan fingerprint density at radius 1 is 1.07 bits per heavy atom. The summed E-state index contributed by atoms with van der Waals surface area (Å²) in [6.07, 6.45) is 7.20. The molecule has 0 aliphatic heterocycles. The molecule has 0 atom stereocenters. The van der Waals surface area contributed by atoms with Gasteiger partial charge in [0.2, 0.25) is 11.2 Å². The molecule has 0 amide bonds. The first-order valence-corrected chi connectivity index (χ1v) is 9.55. The summed E-state index contributed by atoms with van der Waals surface area (Å²) in [7, 11) is 3.76. The van der Waals surface area contributed by atoms with Gasteiger partial charge < -0.3 is 14.4 Å². The van der Waals surface area contributed by atoms with Gasteiger partial charge in [0.1, 0.15) is 5.75 Å². The van der Waals surface area contributed by atoms with Gasteiger partial charge in [-0.05, 0) is 30.3 Å². The van der Waals surface area contributed by atoms with E-state index < -0.39 is 0 Å². The molecule has 0 saturated carbocycles. The van der Waals surface area contributed by atoms with Gasteiger partial charge in [-0.1, -0.05) is 18.2 Å². The molecular weight excluding hydrogens is 348 g/mol. The normalized spacial score (nSPS) is 11.7. The average molecular weight is 373 g/mol. The minimum Gasteiger partial charge on any atom is -0.497 e. The molecule has 0 unspecified atom stereocenters. The fourth-order valence-electron chi connectivity index (χ4n) is 3.75. The Labute approximate surface area is 164 Å². The highest BCUT2D eigenvalue weighted by molar-refractivity contribution is 5.91. The van der Waals surface area contributed by atoms with E-state index in [1.54, 1.807) is 7.11 Å². The topological polar surface area (TPSA) is 38.3 Å². The smallest absolute Gasteiger partial charge is 0.213 e. The number of ether oxygens (including phenoxy) is 1. The van der Waals surface area contributed by atoms with Crippen molar-refractivity contribution in [3.63, 3.8) is 0 Å². The second kappa shape index (κ2) is 7.87. The third kappa shape index (κ3) is 3.39. The van der Waals surface area contributed by atoms with E-state index in [4.69, 9.17) is 4.74 Å². The van der Waals surface area contributed by atoms with Crippen LogP contribution in [-0.2, 0) is 13.6 Å². The van der Waals surface area contributed by atoms with Gasteiger partial charge in [-0.2, -0.15) is 4.57 Å². The lowest BCUT2D eigenvalue weighted by Crippen LogP contribution is -2.38. The molecule has 0 bridgehead atoms. The number of rotatable bonds is 6. The zero-order valence-electron chi connectivity index (χ0n) is 16.3. The van der Waals surface area contributed by atoms with Crippen molar-refractivity contribution >= 4 is 34.0 Å². The van der Waals surface area contributed by atoms with Crippen LogP contribution in [0, 0.1) is 0 Å². The van der Waals surface area contributed by atoms with E-state index in [0.717, 1.165) is 28.9 Å². The molecule has 0 spiro atoms. The zero-order valence-corrected chi connectivity index (χ0v) is 16.3. The molecule has 4 aromatic rings. The number of pyridine rings is 1. The highest BCUT2D eigenvalue weighted by Gasteiger charge is 2.14. The number of aromatic nitrogens is 2. The van der Waals surface area contributed by atoms with Crippen LogP contribution >= 0.6 is 0 Å². The number of benzene rings is 2. The van der Waals surface area contributed by atoms with Crippen molar-refractivity contribution in [3.05, 3.63) is 72.1 Å². The predicted octanol–water partition coefficient (Wildman–Crippen LogP) is 4.18. The van der Waals surface area contributed by atoms with Gasteiger partial charge in [-0.15, -0.1) is 0 Å². The van der Waals surface area contributed by atoms with E-state index in [9.17, 15) is 5.11 Å². The molecule has 0 aliphatic rings. The second-order valence-corrected chi connectivity index (χ2v) is 6.96. The fourth-order valence-corrected chi connectivity index (χ4v) is 3.75. The van der Waals surface area contributed by atoms with E-state index >= 15 is 0 Å². The molecule has 2 aromatic heterocycles. The van der Waals surface area contributed by atoms with E-state index in [1.807, 2.05) is 12.1 Å². The lowest BCUT2D eigenvalue weighted by atomic mass is 10.1. The monoisotopic (exact) mass is 373 g/mol. The molecule has 4 heteroatoms. The number of aliphatic hydroxyl groups is 1. The number of nitrogens with zero attached hydrogens (tertiary/aromatic N) is 2. The summed E-state index contributed by atoms with van der Waals surface area (Å²) >= 11 is 0. The summed E-state index contributed by atoms with van der Waals surface area (Å²) in [6, 6.07) is 18.8. The number of methoxy groups -OCH3 is 1. The number of fused-ring (bicyclic) bond motifs is 2. The summed E-state index contributed by atoms with van der Waals surface area (Å²) in [5.41, 5.74) is 4.66. The quantitative estimate of drug-likeness (QED) is 0.515. The van der Waals surface area contributed by atoms with Crippen LogP contribution in [0.15, 0.2) is 60.8 Å². The van der Waals surface area contributed by atoms with E-state index in [0.29, 0.717) is 6.42 Å². The summed E-state index contributed by atoms with van der Waals surface area (Å²) in [6.45, 7) is 0.932. The Hall–Kier alpha value is -3.11. The summed E-state index contributed by atoms with van der Waals surface area (Å²) in [5, 5.41) is 11.7. The van der Waals surface area contributed by atoms with E-state index in [1.165, 1.54) is 16.5 Å². The van der Waals surface area contributed by atoms with Crippen molar-refractivity contribution in [2.75, 3.05) is 13.7 Å². The van der Waals surface area contributed by atoms with Crippen LogP contribution in [0.2, 0.25) is 0 Å². The molecule has 0 aliphatic carbocycles. The minimum absolute atomic E-state index is 0.173. The molecule has 0 fully saturated rings. The Balaban J connectivity index is 1.79. The van der Waals surface area contributed by atoms with Crippen molar-refractivity contribution in [1.82, 2.24) is 4.57 Å². The molecule has 4 nitrogen and oxygen atoms in total. The Kier molecular flexibility index (Phi) is 5.13. The van der Waals surface area contributed by atoms with Gasteiger partial charge in [0.15, 0.2) is 6.54 Å². The molecule has 142 valence electrons. The fraction of sp³-hybridized carbons (Fsp3) is 0.208. The zero-order chi connectivity index (χ0) is 19.5. The van der Waals surface area contributed by atoms with Crippen molar-refractivity contribution in [3.8, 4) is 5.75 Å². The average Bonchev–Trinajstić information content (AvgIpc) is 3.06. The molecular formula is C24H25N2O2+. The first-order chi connectivity index (χ1) is 13.7. The molecule has 2 heterocycles. The lowest BCUT2D eigenvalue weighted by Gasteiger charge is -2.06. The maximum atomic E-state index is 9.35. The first-order valence-electron chi connectivity index (χ1n) is 9.55. The molecule has 1 N–H and O–H groups in total. The number of aliphatic hydroxyl groups excluding tert-OH is 1. The number of hydrogen-bond donors (Lipinski definition) is 1. The summed E-state index contributed by atoms with van der Waals surface area (Å²) < 4.78 is 9.77. The third-order valence-electron chi connectivity index (χ3n) is 5.17. The maximum absolute atomic E-state index is 9.35. The van der Waals surface area contributed by atoms with Gasteiger partial charge in [0, 0.05) is 60.9 Å². The second-order valence-electron chi connectivity index (χ2n) is 6.96. The van der Waals surface area contributed by atoms with E-state index in [-0.39, 0.29) is 6.61 Å². The first kappa shape index (κ1) is 18.3. The lowest BCUT2D eigenvalue weighted by molar-refractivity contribution is -0.673. The molecule has 28 heavy (non-hydrogen) atoms. The van der Waals surface area contributed by atoms with Gasteiger partial charge >= 0.3 is 0 Å². The Bertz CT molecular complexity index is 1160. The predicted molar refractivity (Wildman–Crippen MR) is 114 cm³/mol. The molecule has 2 aromatic carbocycles. The molecule has 4 rings (SSSR count). The maximum Gasteiger partial charge on any atom is 0.213 e. The van der Waals surface area contributed by atoms with Crippen LogP contribution in [0.5, 0.6) is 5.75 Å². The number of aryl methyl sites for hydroxylation is 2. The van der Waals surface area contributed by atoms with Crippen LogP contribution in [0.4, 0.5) is 0 Å². The van der Waals surface area contributed by atoms with Crippen molar-refractivity contribution in [2.24, 2.45) is 7.05 Å². The Morgan fingerprint density at radius 2 is 1.93 bits per heavy atom. The largest absolute Gasteiger partial charge is 0.497 e.